The lowest BCUT2D eigenvalue weighted by atomic mass is 10.1. The number of amides is 3. The van der Waals surface area contributed by atoms with E-state index in [-0.39, 0.29) is 4.90 Å². The Kier molecular flexibility index (Phi) is 7.28. The molecule has 0 saturated heterocycles. The number of ether oxygens (including phenoxy) is 1. The van der Waals surface area contributed by atoms with Crippen molar-refractivity contribution in [2.24, 2.45) is 11.7 Å². The monoisotopic (exact) mass is 385 g/mol. The number of rotatable bonds is 7. The molecule has 0 radical (unpaired) electrons. The molecule has 1 atom stereocenters. The molecule has 0 heterocycles. The minimum Gasteiger partial charge on any atom is -0.451 e. The summed E-state index contributed by atoms with van der Waals surface area (Å²) in [4.78, 5) is 34.7. The first-order valence-corrected chi connectivity index (χ1v) is 9.22. The number of hydrogen-bond acceptors (Lipinski definition) is 6. The fourth-order valence-corrected chi connectivity index (χ4v) is 3.14. The molecule has 1 aromatic rings. The van der Waals surface area contributed by atoms with Gasteiger partial charge in [0.1, 0.15) is 6.54 Å². The zero-order valence-electron chi connectivity index (χ0n) is 15.1. The summed E-state index contributed by atoms with van der Waals surface area (Å²) < 4.78 is 30.8. The fourth-order valence-electron chi connectivity index (χ4n) is 2.02. The molecule has 1 aromatic carbocycles. The van der Waals surface area contributed by atoms with E-state index >= 15 is 0 Å². The van der Waals surface area contributed by atoms with E-state index in [1.54, 1.807) is 26.0 Å². The highest BCUT2D eigenvalue weighted by Crippen LogP contribution is 2.15. The summed E-state index contributed by atoms with van der Waals surface area (Å²) in [5.41, 5.74) is 5.77. The molecule has 0 aliphatic carbocycles. The van der Waals surface area contributed by atoms with Crippen LogP contribution < -0.4 is 11.1 Å². The molecule has 0 saturated carbocycles. The normalized spacial score (nSPS) is 12.7. The summed E-state index contributed by atoms with van der Waals surface area (Å²) in [6.07, 6.45) is -1.27. The molecule has 0 aliphatic heterocycles. The number of primary amides is 1. The molecular weight excluding hydrogens is 362 g/mol. The number of nitrogens with zero attached hydrogens (tertiary/aromatic N) is 1. The molecule has 0 aliphatic rings. The predicted octanol–water partition coefficient (Wildman–Crippen LogP) is 0.378. The minimum absolute atomic E-state index is 0.0327. The van der Waals surface area contributed by atoms with Gasteiger partial charge in [0.25, 0.3) is 5.91 Å². The second-order valence-electron chi connectivity index (χ2n) is 6.08. The van der Waals surface area contributed by atoms with Crippen molar-refractivity contribution in [1.29, 1.82) is 0 Å². The SMILES string of the molecule is Cc1ccc(S(=O)(=O)N(C)CC(=O)O[C@H](C(=O)NC(N)=O)C(C)C)cc1. The molecule has 0 aromatic heterocycles. The van der Waals surface area contributed by atoms with Crippen molar-refractivity contribution >= 4 is 27.9 Å². The van der Waals surface area contributed by atoms with Crippen LogP contribution in [0.1, 0.15) is 19.4 Å². The van der Waals surface area contributed by atoms with Crippen molar-refractivity contribution in [3.05, 3.63) is 29.8 Å². The number of hydrogen-bond donors (Lipinski definition) is 2. The zero-order chi connectivity index (χ0) is 20.1. The average molecular weight is 385 g/mol. The van der Waals surface area contributed by atoms with E-state index in [1.807, 2.05) is 12.2 Å². The van der Waals surface area contributed by atoms with Gasteiger partial charge in [0.05, 0.1) is 4.90 Å². The van der Waals surface area contributed by atoms with Gasteiger partial charge < -0.3 is 10.5 Å². The van der Waals surface area contributed by atoms with E-state index in [4.69, 9.17) is 10.5 Å². The lowest BCUT2D eigenvalue weighted by Gasteiger charge is -2.22. The van der Waals surface area contributed by atoms with E-state index in [1.165, 1.54) is 19.2 Å². The van der Waals surface area contributed by atoms with Crippen LogP contribution in [0.15, 0.2) is 29.2 Å². The maximum Gasteiger partial charge on any atom is 0.322 e. The molecule has 0 spiro atoms. The van der Waals surface area contributed by atoms with Gasteiger partial charge in [0.15, 0.2) is 6.10 Å². The number of nitrogens with two attached hydrogens (primary N) is 1. The summed E-state index contributed by atoms with van der Waals surface area (Å²) in [7, 11) is -2.66. The topological polar surface area (TPSA) is 136 Å². The van der Waals surface area contributed by atoms with Gasteiger partial charge in [-0.25, -0.2) is 13.2 Å². The number of sulfonamides is 1. The first-order valence-electron chi connectivity index (χ1n) is 7.78. The van der Waals surface area contributed by atoms with Gasteiger partial charge in [-0.05, 0) is 25.0 Å². The van der Waals surface area contributed by atoms with Gasteiger partial charge in [-0.15, -0.1) is 0 Å². The number of likely N-dealkylation sites (N-methyl/N-ethyl adjacent to an activating group) is 1. The summed E-state index contributed by atoms with van der Waals surface area (Å²) in [5, 5.41) is 1.84. The van der Waals surface area contributed by atoms with E-state index in [0.29, 0.717) is 0 Å². The fraction of sp³-hybridized carbons (Fsp3) is 0.438. The highest BCUT2D eigenvalue weighted by molar-refractivity contribution is 7.89. The van der Waals surface area contributed by atoms with Gasteiger partial charge in [0, 0.05) is 7.05 Å². The molecule has 0 fully saturated rings. The molecule has 1 rings (SSSR count). The van der Waals surface area contributed by atoms with Crippen LogP contribution in [-0.2, 0) is 24.3 Å². The molecule has 0 unspecified atom stereocenters. The summed E-state index contributed by atoms with van der Waals surface area (Å²) >= 11 is 0. The number of esters is 1. The van der Waals surface area contributed by atoms with Crippen LogP contribution in [0.2, 0.25) is 0 Å². The number of aryl methyl sites for hydroxylation is 1. The molecule has 144 valence electrons. The quantitative estimate of drug-likeness (QED) is 0.651. The lowest BCUT2D eigenvalue weighted by Crippen LogP contribution is -2.46. The van der Waals surface area contributed by atoms with E-state index in [2.05, 4.69) is 0 Å². The van der Waals surface area contributed by atoms with Crippen LogP contribution in [-0.4, -0.2) is 50.3 Å². The number of benzene rings is 1. The Morgan fingerprint density at radius 1 is 1.19 bits per heavy atom. The van der Waals surface area contributed by atoms with Crippen LogP contribution in [0.5, 0.6) is 0 Å². The second-order valence-corrected chi connectivity index (χ2v) is 8.13. The lowest BCUT2D eigenvalue weighted by molar-refractivity contribution is -0.158. The first kappa shape index (κ1) is 21.6. The predicted molar refractivity (Wildman–Crippen MR) is 93.4 cm³/mol. The first-order chi connectivity index (χ1) is 11.9. The molecule has 10 heteroatoms. The molecule has 0 bridgehead atoms. The Bertz CT molecular complexity index is 774. The van der Waals surface area contributed by atoms with Gasteiger partial charge in [-0.2, -0.15) is 4.31 Å². The van der Waals surface area contributed by atoms with Crippen LogP contribution in [0.3, 0.4) is 0 Å². The number of carbonyl (C=O) groups is 3. The minimum atomic E-state index is -3.89. The third-order valence-electron chi connectivity index (χ3n) is 3.45. The second kappa shape index (κ2) is 8.77. The third kappa shape index (κ3) is 5.81. The molecule has 26 heavy (non-hydrogen) atoms. The standard InChI is InChI=1S/C16H23N3O6S/c1-10(2)14(15(21)18-16(17)22)25-13(20)9-19(4)26(23,24)12-7-5-11(3)6-8-12/h5-8,10,14H,9H2,1-4H3,(H3,17,18,21,22)/t14-/m0/s1. The smallest absolute Gasteiger partial charge is 0.322 e. The highest BCUT2D eigenvalue weighted by Gasteiger charge is 2.30. The van der Waals surface area contributed by atoms with Gasteiger partial charge >= 0.3 is 12.0 Å². The molecule has 3 amide bonds. The Morgan fingerprint density at radius 2 is 1.73 bits per heavy atom. The molecular formula is C16H23N3O6S. The average Bonchev–Trinajstić information content (AvgIpc) is 2.51. The van der Waals surface area contributed by atoms with Crippen LogP contribution in [0.4, 0.5) is 4.79 Å². The van der Waals surface area contributed by atoms with Crippen molar-refractivity contribution in [3.63, 3.8) is 0 Å². The summed E-state index contributed by atoms with van der Waals surface area (Å²) in [6, 6.07) is 5.08. The molecule has 9 nitrogen and oxygen atoms in total. The van der Waals surface area contributed by atoms with Gasteiger partial charge in [-0.1, -0.05) is 31.5 Å². The number of urea groups is 1. The summed E-state index contributed by atoms with van der Waals surface area (Å²) in [5.74, 6) is -2.25. The zero-order valence-corrected chi connectivity index (χ0v) is 15.9. The van der Waals surface area contributed by atoms with Crippen molar-refractivity contribution in [3.8, 4) is 0 Å². The maximum absolute atomic E-state index is 12.5. The van der Waals surface area contributed by atoms with Crippen LogP contribution in [0, 0.1) is 12.8 Å². The van der Waals surface area contributed by atoms with E-state index < -0.39 is 46.5 Å². The number of imide groups is 1. The largest absolute Gasteiger partial charge is 0.451 e. The third-order valence-corrected chi connectivity index (χ3v) is 5.27. The van der Waals surface area contributed by atoms with Gasteiger partial charge in [0.2, 0.25) is 10.0 Å². The number of carbonyl (C=O) groups excluding carboxylic acids is 3. The summed E-state index contributed by atoms with van der Waals surface area (Å²) in [6.45, 7) is 4.43. The Balaban J connectivity index is 2.83. The van der Waals surface area contributed by atoms with E-state index in [0.717, 1.165) is 9.87 Å². The van der Waals surface area contributed by atoms with Crippen LogP contribution in [0.25, 0.3) is 0 Å². The van der Waals surface area contributed by atoms with Crippen LogP contribution >= 0.6 is 0 Å². The maximum atomic E-state index is 12.5. The van der Waals surface area contributed by atoms with Crippen molar-refractivity contribution < 1.29 is 27.5 Å². The molecule has 3 N–H and O–H groups in total. The Hall–Kier alpha value is -2.46. The van der Waals surface area contributed by atoms with Crippen molar-refractivity contribution in [2.45, 2.75) is 31.8 Å². The highest BCUT2D eigenvalue weighted by atomic mass is 32.2. The van der Waals surface area contributed by atoms with Gasteiger partial charge in [-0.3, -0.25) is 14.9 Å². The van der Waals surface area contributed by atoms with Crippen molar-refractivity contribution in [1.82, 2.24) is 9.62 Å². The number of nitrogens with one attached hydrogen (secondary N) is 1. The van der Waals surface area contributed by atoms with Crippen molar-refractivity contribution in [2.75, 3.05) is 13.6 Å². The Morgan fingerprint density at radius 3 is 2.19 bits per heavy atom. The van der Waals surface area contributed by atoms with E-state index in [9.17, 15) is 22.8 Å². The Labute approximate surface area is 152 Å².